The molecule has 0 fully saturated rings. The Balaban J connectivity index is 2.93. The predicted octanol–water partition coefficient (Wildman–Crippen LogP) is 3.70. The average Bonchev–Trinajstić information content (AvgIpc) is 2.51. The summed E-state index contributed by atoms with van der Waals surface area (Å²) in [7, 11) is 0. The standard InChI is InChI=1S/C10H6ClFO2S/c1-4-7-5(11)2-3-6(12)9(7)15-8(4)10(13)14/h2-3H,1H3,(H,13,14). The monoisotopic (exact) mass is 244 g/mol. The zero-order chi connectivity index (χ0) is 11.2. The first-order chi connectivity index (χ1) is 7.02. The number of carboxylic acid groups (broad SMARTS) is 1. The van der Waals surface area contributed by atoms with Gasteiger partial charge in [0.1, 0.15) is 10.7 Å². The summed E-state index contributed by atoms with van der Waals surface area (Å²) in [5.41, 5.74) is 0.520. The van der Waals surface area contributed by atoms with Crippen LogP contribution in [-0.2, 0) is 0 Å². The van der Waals surface area contributed by atoms with Gasteiger partial charge in [0.15, 0.2) is 0 Å². The van der Waals surface area contributed by atoms with E-state index in [4.69, 9.17) is 16.7 Å². The molecule has 0 aliphatic heterocycles. The Bertz CT molecular complexity index is 562. The van der Waals surface area contributed by atoms with Crippen molar-refractivity contribution in [1.82, 2.24) is 0 Å². The molecule has 0 atom stereocenters. The molecule has 2 nitrogen and oxygen atoms in total. The van der Waals surface area contributed by atoms with Crippen LogP contribution in [0.1, 0.15) is 15.2 Å². The lowest BCUT2D eigenvalue weighted by molar-refractivity contribution is 0.0701. The summed E-state index contributed by atoms with van der Waals surface area (Å²) in [5, 5.41) is 9.77. The second kappa shape index (κ2) is 3.47. The second-order valence-electron chi connectivity index (χ2n) is 3.09. The first kappa shape index (κ1) is 10.4. The molecule has 5 heteroatoms. The molecule has 0 aliphatic carbocycles. The van der Waals surface area contributed by atoms with E-state index in [1.54, 1.807) is 6.92 Å². The van der Waals surface area contributed by atoms with E-state index in [1.165, 1.54) is 12.1 Å². The summed E-state index contributed by atoms with van der Waals surface area (Å²) >= 11 is 6.81. The third-order valence-corrected chi connectivity index (χ3v) is 3.78. The van der Waals surface area contributed by atoms with Crippen LogP contribution in [0, 0.1) is 12.7 Å². The maximum absolute atomic E-state index is 13.4. The second-order valence-corrected chi connectivity index (χ2v) is 4.52. The van der Waals surface area contributed by atoms with Crippen molar-refractivity contribution in [3.8, 4) is 0 Å². The van der Waals surface area contributed by atoms with Crippen LogP contribution in [0.3, 0.4) is 0 Å². The highest BCUT2D eigenvalue weighted by Gasteiger charge is 2.18. The lowest BCUT2D eigenvalue weighted by atomic mass is 10.1. The first-order valence-corrected chi connectivity index (χ1v) is 5.32. The van der Waals surface area contributed by atoms with Crippen LogP contribution in [0.25, 0.3) is 10.1 Å². The van der Waals surface area contributed by atoms with E-state index in [1.807, 2.05) is 0 Å². The van der Waals surface area contributed by atoms with E-state index in [-0.39, 0.29) is 4.88 Å². The maximum atomic E-state index is 13.4. The van der Waals surface area contributed by atoms with E-state index < -0.39 is 11.8 Å². The van der Waals surface area contributed by atoms with Crippen LogP contribution in [0.2, 0.25) is 5.02 Å². The van der Waals surface area contributed by atoms with Crippen LogP contribution in [0.15, 0.2) is 12.1 Å². The molecular formula is C10H6ClFO2S. The minimum absolute atomic E-state index is 0.136. The SMILES string of the molecule is Cc1c(C(=O)O)sc2c(F)ccc(Cl)c12. The van der Waals surface area contributed by atoms with Gasteiger partial charge in [-0.25, -0.2) is 9.18 Å². The Morgan fingerprint density at radius 3 is 2.73 bits per heavy atom. The Labute approximate surface area is 93.9 Å². The zero-order valence-electron chi connectivity index (χ0n) is 7.67. The largest absolute Gasteiger partial charge is 0.477 e. The molecule has 0 radical (unpaired) electrons. The highest BCUT2D eigenvalue weighted by molar-refractivity contribution is 7.21. The number of thiophene rings is 1. The van der Waals surface area contributed by atoms with Gasteiger partial charge in [0.2, 0.25) is 0 Å². The molecule has 78 valence electrons. The highest BCUT2D eigenvalue weighted by Crippen LogP contribution is 2.37. The summed E-state index contributed by atoms with van der Waals surface area (Å²) < 4.78 is 13.7. The number of aryl methyl sites for hydroxylation is 1. The number of rotatable bonds is 1. The van der Waals surface area contributed by atoms with Gasteiger partial charge in [-0.05, 0) is 24.6 Å². The lowest BCUT2D eigenvalue weighted by Gasteiger charge is -1.96. The van der Waals surface area contributed by atoms with E-state index in [0.717, 1.165) is 11.3 Å². The third-order valence-electron chi connectivity index (χ3n) is 2.17. The zero-order valence-corrected chi connectivity index (χ0v) is 9.25. The van der Waals surface area contributed by atoms with E-state index >= 15 is 0 Å². The van der Waals surface area contributed by atoms with Crippen LogP contribution in [0.4, 0.5) is 4.39 Å². The molecule has 1 aromatic carbocycles. The topological polar surface area (TPSA) is 37.3 Å². The molecule has 0 saturated carbocycles. The summed E-state index contributed by atoms with van der Waals surface area (Å²) in [6, 6.07) is 2.68. The molecule has 0 aliphatic rings. The van der Waals surface area contributed by atoms with Gasteiger partial charge in [-0.1, -0.05) is 11.6 Å². The molecule has 0 saturated heterocycles. The summed E-state index contributed by atoms with van der Waals surface area (Å²) in [4.78, 5) is 11.0. The Morgan fingerprint density at radius 2 is 2.20 bits per heavy atom. The van der Waals surface area contributed by atoms with Crippen molar-refractivity contribution in [2.24, 2.45) is 0 Å². The molecule has 1 N–H and O–H groups in total. The molecular weight excluding hydrogens is 239 g/mol. The number of hydrogen-bond acceptors (Lipinski definition) is 2. The van der Waals surface area contributed by atoms with Crippen LogP contribution in [-0.4, -0.2) is 11.1 Å². The number of carbonyl (C=O) groups is 1. The number of aromatic carboxylic acids is 1. The van der Waals surface area contributed by atoms with Crippen LogP contribution in [0.5, 0.6) is 0 Å². The summed E-state index contributed by atoms with van der Waals surface area (Å²) in [6.07, 6.45) is 0. The number of fused-ring (bicyclic) bond motifs is 1. The van der Waals surface area contributed by atoms with E-state index in [9.17, 15) is 9.18 Å². The van der Waals surface area contributed by atoms with Gasteiger partial charge in [-0.15, -0.1) is 11.3 Å². The maximum Gasteiger partial charge on any atom is 0.346 e. The molecule has 0 spiro atoms. The van der Waals surface area contributed by atoms with Crippen molar-refractivity contribution in [2.45, 2.75) is 6.92 Å². The first-order valence-electron chi connectivity index (χ1n) is 4.12. The van der Waals surface area contributed by atoms with Crippen molar-refractivity contribution < 1.29 is 14.3 Å². The molecule has 2 rings (SSSR count). The Kier molecular flexibility index (Phi) is 2.40. The molecule has 15 heavy (non-hydrogen) atoms. The van der Waals surface area contributed by atoms with Crippen molar-refractivity contribution in [1.29, 1.82) is 0 Å². The van der Waals surface area contributed by atoms with Crippen molar-refractivity contribution in [2.75, 3.05) is 0 Å². The number of benzene rings is 1. The van der Waals surface area contributed by atoms with Gasteiger partial charge in [0.05, 0.1) is 4.70 Å². The van der Waals surface area contributed by atoms with E-state index in [0.29, 0.717) is 20.7 Å². The van der Waals surface area contributed by atoms with Gasteiger partial charge < -0.3 is 5.11 Å². The molecule has 1 heterocycles. The van der Waals surface area contributed by atoms with Gasteiger partial charge in [0, 0.05) is 10.4 Å². The average molecular weight is 245 g/mol. The molecule has 0 unspecified atom stereocenters. The van der Waals surface area contributed by atoms with E-state index in [2.05, 4.69) is 0 Å². The van der Waals surface area contributed by atoms with Crippen molar-refractivity contribution >= 4 is 39.0 Å². The summed E-state index contributed by atoms with van der Waals surface area (Å²) in [5.74, 6) is -1.49. The minimum atomic E-state index is -1.05. The number of carboxylic acids is 1. The molecule has 2 aromatic rings. The quantitative estimate of drug-likeness (QED) is 0.831. The van der Waals surface area contributed by atoms with Crippen molar-refractivity contribution in [3.05, 3.63) is 33.4 Å². The Morgan fingerprint density at radius 1 is 1.53 bits per heavy atom. The Hall–Kier alpha value is -1.13. The minimum Gasteiger partial charge on any atom is -0.477 e. The van der Waals surface area contributed by atoms with Gasteiger partial charge in [0.25, 0.3) is 0 Å². The fourth-order valence-corrected chi connectivity index (χ4v) is 2.91. The fourth-order valence-electron chi connectivity index (χ4n) is 1.48. The lowest BCUT2D eigenvalue weighted by Crippen LogP contribution is -1.93. The normalized spacial score (nSPS) is 10.9. The van der Waals surface area contributed by atoms with Crippen LogP contribution < -0.4 is 0 Å². The molecule has 0 bridgehead atoms. The third kappa shape index (κ3) is 1.50. The van der Waals surface area contributed by atoms with Crippen LogP contribution >= 0.6 is 22.9 Å². The van der Waals surface area contributed by atoms with Crippen molar-refractivity contribution in [3.63, 3.8) is 0 Å². The van der Waals surface area contributed by atoms with Gasteiger partial charge >= 0.3 is 5.97 Å². The van der Waals surface area contributed by atoms with Gasteiger partial charge in [-0.2, -0.15) is 0 Å². The smallest absolute Gasteiger partial charge is 0.346 e. The fraction of sp³-hybridized carbons (Fsp3) is 0.100. The number of hydrogen-bond donors (Lipinski definition) is 1. The molecule has 0 amide bonds. The molecule has 1 aromatic heterocycles. The number of halogens is 2. The predicted molar refractivity (Wildman–Crippen MR) is 58.5 cm³/mol. The van der Waals surface area contributed by atoms with Gasteiger partial charge in [-0.3, -0.25) is 0 Å². The highest BCUT2D eigenvalue weighted by atomic mass is 35.5. The summed E-state index contributed by atoms with van der Waals surface area (Å²) in [6.45, 7) is 1.63.